The van der Waals surface area contributed by atoms with E-state index in [0.717, 1.165) is 32.6 Å². The quantitative estimate of drug-likeness (QED) is 0.591. The van der Waals surface area contributed by atoms with Crippen molar-refractivity contribution in [1.29, 1.82) is 0 Å². The molecule has 122 valence electrons. The Bertz CT molecular complexity index is 578. The molecule has 0 atom stereocenters. The zero-order valence-electron chi connectivity index (χ0n) is 11.9. The average molecular weight is 456 g/mol. The summed E-state index contributed by atoms with van der Waals surface area (Å²) in [6, 6.07) is 9.92. The normalized spacial score (nSPS) is 10.5. The number of aliphatic hydroxyl groups excluding tert-OH is 1. The lowest BCUT2D eigenvalue weighted by molar-refractivity contribution is 0.0936. The van der Waals surface area contributed by atoms with Gasteiger partial charge in [0.1, 0.15) is 11.5 Å². The lowest BCUT2D eigenvalue weighted by Gasteiger charge is -2.04. The molecule has 22 heavy (non-hydrogen) atoms. The number of rotatable bonds is 8. The standard InChI is InChI=1S/C15H17Br2NO3.ClH/c16-11-1-3-13(14(17)9-11)15-4-2-12(21-15)10-18-5-7-20-8-6-19;/h1-4,9,18-19H,5-8,10H2;1H. The van der Waals surface area contributed by atoms with Crippen molar-refractivity contribution in [3.05, 3.63) is 45.0 Å². The summed E-state index contributed by atoms with van der Waals surface area (Å²) in [6.07, 6.45) is 0. The van der Waals surface area contributed by atoms with Gasteiger partial charge in [0.2, 0.25) is 0 Å². The zero-order chi connectivity index (χ0) is 15.1. The molecule has 0 saturated heterocycles. The zero-order valence-corrected chi connectivity index (χ0v) is 15.8. The van der Waals surface area contributed by atoms with Gasteiger partial charge in [-0.05, 0) is 46.3 Å². The lowest BCUT2D eigenvalue weighted by atomic mass is 10.2. The Hall–Kier alpha value is -0.370. The van der Waals surface area contributed by atoms with Crippen molar-refractivity contribution in [3.8, 4) is 11.3 Å². The van der Waals surface area contributed by atoms with Crippen LogP contribution in [0, 0.1) is 0 Å². The van der Waals surface area contributed by atoms with Gasteiger partial charge in [0.25, 0.3) is 0 Å². The van der Waals surface area contributed by atoms with Gasteiger partial charge in [0.05, 0.1) is 26.4 Å². The summed E-state index contributed by atoms with van der Waals surface area (Å²) in [4.78, 5) is 0. The number of hydrogen-bond donors (Lipinski definition) is 2. The predicted octanol–water partition coefficient (Wildman–Crippen LogP) is 3.99. The maximum atomic E-state index is 8.58. The van der Waals surface area contributed by atoms with Gasteiger partial charge in [-0.25, -0.2) is 0 Å². The third-order valence-electron chi connectivity index (χ3n) is 2.82. The molecule has 0 fully saturated rings. The fraction of sp³-hybridized carbons (Fsp3) is 0.333. The van der Waals surface area contributed by atoms with Crippen LogP contribution in [0.15, 0.2) is 43.7 Å². The molecule has 4 nitrogen and oxygen atoms in total. The van der Waals surface area contributed by atoms with E-state index in [4.69, 9.17) is 14.3 Å². The molecule has 2 aromatic rings. The van der Waals surface area contributed by atoms with Gasteiger partial charge in [-0.1, -0.05) is 15.9 Å². The first-order valence-corrected chi connectivity index (χ1v) is 8.23. The number of nitrogens with one attached hydrogen (secondary N) is 1. The Labute approximate surface area is 152 Å². The molecule has 7 heteroatoms. The second-order valence-electron chi connectivity index (χ2n) is 4.40. The molecule has 0 bridgehead atoms. The number of furan rings is 1. The number of halogens is 3. The van der Waals surface area contributed by atoms with Gasteiger partial charge in [-0.15, -0.1) is 12.4 Å². The van der Waals surface area contributed by atoms with Crippen LogP contribution in [0.4, 0.5) is 0 Å². The van der Waals surface area contributed by atoms with E-state index >= 15 is 0 Å². The maximum absolute atomic E-state index is 8.58. The minimum absolute atomic E-state index is 0. The van der Waals surface area contributed by atoms with Crippen molar-refractivity contribution < 1.29 is 14.3 Å². The molecule has 0 saturated carbocycles. The highest BCUT2D eigenvalue weighted by Gasteiger charge is 2.08. The van der Waals surface area contributed by atoms with Gasteiger partial charge in [-0.3, -0.25) is 0 Å². The molecule has 0 aliphatic heterocycles. The monoisotopic (exact) mass is 453 g/mol. The van der Waals surface area contributed by atoms with Crippen molar-refractivity contribution in [3.63, 3.8) is 0 Å². The van der Waals surface area contributed by atoms with Crippen molar-refractivity contribution in [2.45, 2.75) is 6.54 Å². The smallest absolute Gasteiger partial charge is 0.135 e. The molecular weight excluding hydrogens is 437 g/mol. The number of aliphatic hydroxyl groups is 1. The second kappa shape index (κ2) is 10.4. The van der Waals surface area contributed by atoms with E-state index in [2.05, 4.69) is 37.2 Å². The second-order valence-corrected chi connectivity index (χ2v) is 6.17. The molecule has 2 rings (SSSR count). The largest absolute Gasteiger partial charge is 0.460 e. The van der Waals surface area contributed by atoms with Gasteiger partial charge >= 0.3 is 0 Å². The van der Waals surface area contributed by atoms with Crippen LogP contribution in [0.5, 0.6) is 0 Å². The third-order valence-corrected chi connectivity index (χ3v) is 3.97. The Kier molecular flexibility index (Phi) is 9.31. The van der Waals surface area contributed by atoms with Crippen molar-refractivity contribution in [2.75, 3.05) is 26.4 Å². The Morgan fingerprint density at radius 3 is 2.68 bits per heavy atom. The van der Waals surface area contributed by atoms with Crippen LogP contribution in [0.3, 0.4) is 0 Å². The summed E-state index contributed by atoms with van der Waals surface area (Å²) in [6.45, 7) is 2.38. The fourth-order valence-corrected chi connectivity index (χ4v) is 3.07. The minimum Gasteiger partial charge on any atom is -0.460 e. The first kappa shape index (κ1) is 19.7. The lowest BCUT2D eigenvalue weighted by Crippen LogP contribution is -2.19. The Balaban J connectivity index is 0.00000242. The van der Waals surface area contributed by atoms with Crippen LogP contribution in [0.2, 0.25) is 0 Å². The number of hydrogen-bond acceptors (Lipinski definition) is 4. The molecule has 0 spiro atoms. The van der Waals surface area contributed by atoms with Crippen LogP contribution < -0.4 is 5.32 Å². The number of benzene rings is 1. The Morgan fingerprint density at radius 2 is 1.95 bits per heavy atom. The van der Waals surface area contributed by atoms with Crippen LogP contribution in [-0.4, -0.2) is 31.5 Å². The topological polar surface area (TPSA) is 54.6 Å². The summed E-state index contributed by atoms with van der Waals surface area (Å²) in [7, 11) is 0. The third kappa shape index (κ3) is 6.02. The van der Waals surface area contributed by atoms with Gasteiger partial charge in [0, 0.05) is 21.1 Å². The number of ether oxygens (including phenoxy) is 1. The molecule has 0 unspecified atom stereocenters. The molecule has 2 N–H and O–H groups in total. The van der Waals surface area contributed by atoms with E-state index in [0.29, 0.717) is 19.8 Å². The van der Waals surface area contributed by atoms with Crippen molar-refractivity contribution >= 4 is 44.3 Å². The molecular formula is C15H18Br2ClNO3. The molecule has 0 amide bonds. The van der Waals surface area contributed by atoms with E-state index in [9.17, 15) is 0 Å². The van der Waals surface area contributed by atoms with Gasteiger partial charge in [0.15, 0.2) is 0 Å². The molecule has 0 aliphatic rings. The first-order valence-electron chi connectivity index (χ1n) is 6.64. The van der Waals surface area contributed by atoms with E-state index < -0.39 is 0 Å². The summed E-state index contributed by atoms with van der Waals surface area (Å²) >= 11 is 6.97. The van der Waals surface area contributed by atoms with Crippen LogP contribution in [0.25, 0.3) is 11.3 Å². The van der Waals surface area contributed by atoms with E-state index in [1.54, 1.807) is 0 Å². The van der Waals surface area contributed by atoms with Gasteiger partial charge in [-0.2, -0.15) is 0 Å². The summed E-state index contributed by atoms with van der Waals surface area (Å²) < 4.78 is 13.0. The van der Waals surface area contributed by atoms with Crippen molar-refractivity contribution in [1.82, 2.24) is 5.32 Å². The SMILES string of the molecule is Cl.OCCOCCNCc1ccc(-c2ccc(Br)cc2Br)o1. The van der Waals surface area contributed by atoms with Crippen LogP contribution in [0.1, 0.15) is 5.76 Å². The Morgan fingerprint density at radius 1 is 1.14 bits per heavy atom. The van der Waals surface area contributed by atoms with Crippen LogP contribution >= 0.6 is 44.3 Å². The first-order chi connectivity index (χ1) is 10.2. The highest BCUT2D eigenvalue weighted by atomic mass is 79.9. The maximum Gasteiger partial charge on any atom is 0.135 e. The highest BCUT2D eigenvalue weighted by Crippen LogP contribution is 2.31. The average Bonchev–Trinajstić information content (AvgIpc) is 2.91. The summed E-state index contributed by atoms with van der Waals surface area (Å²) in [5.74, 6) is 1.71. The summed E-state index contributed by atoms with van der Waals surface area (Å²) in [5.41, 5.74) is 1.02. The molecule has 1 aromatic carbocycles. The molecule has 1 heterocycles. The minimum atomic E-state index is 0. The molecule has 1 aromatic heterocycles. The summed E-state index contributed by atoms with van der Waals surface area (Å²) in [5, 5.41) is 11.8. The van der Waals surface area contributed by atoms with E-state index in [1.165, 1.54) is 0 Å². The molecule has 0 radical (unpaired) electrons. The van der Waals surface area contributed by atoms with Crippen LogP contribution in [-0.2, 0) is 11.3 Å². The predicted molar refractivity (Wildman–Crippen MR) is 96.4 cm³/mol. The molecule has 0 aliphatic carbocycles. The van der Waals surface area contributed by atoms with Gasteiger partial charge < -0.3 is 19.6 Å². The fourth-order valence-electron chi connectivity index (χ4n) is 1.83. The van der Waals surface area contributed by atoms with E-state index in [-0.39, 0.29) is 19.0 Å². The van der Waals surface area contributed by atoms with Crippen molar-refractivity contribution in [2.24, 2.45) is 0 Å². The highest BCUT2D eigenvalue weighted by molar-refractivity contribution is 9.11. The van der Waals surface area contributed by atoms with E-state index in [1.807, 2.05) is 30.3 Å².